The first kappa shape index (κ1) is 24.2. The molecule has 0 fully saturated rings. The van der Waals surface area contributed by atoms with E-state index in [1.807, 2.05) is 0 Å². The van der Waals surface area contributed by atoms with Gasteiger partial charge in [0.1, 0.15) is 12.3 Å². The largest absolute Gasteiger partial charge is 0.492 e. The van der Waals surface area contributed by atoms with Crippen LogP contribution in [0.1, 0.15) is 26.4 Å². The van der Waals surface area contributed by atoms with Gasteiger partial charge >= 0.3 is 11.9 Å². The first-order chi connectivity index (χ1) is 15.7. The van der Waals surface area contributed by atoms with Gasteiger partial charge in [0.15, 0.2) is 23.1 Å². The monoisotopic (exact) mass is 496 g/mol. The predicted molar refractivity (Wildman–Crippen MR) is 117 cm³/mol. The summed E-state index contributed by atoms with van der Waals surface area (Å²) >= 11 is 11.9. The van der Waals surface area contributed by atoms with Gasteiger partial charge < -0.3 is 19.9 Å². The van der Waals surface area contributed by atoms with Crippen LogP contribution in [0.4, 0.5) is 14.5 Å². The number of esters is 2. The normalized spacial score (nSPS) is 10.6. The van der Waals surface area contributed by atoms with Crippen LogP contribution in [0.15, 0.2) is 36.4 Å². The van der Waals surface area contributed by atoms with Gasteiger partial charge in [0.05, 0.1) is 35.5 Å². The molecule has 2 aromatic carbocycles. The number of carbonyl (C=O) groups excluding carboxylic acids is 2. The number of ether oxygens (including phenoxy) is 3. The van der Waals surface area contributed by atoms with Crippen molar-refractivity contribution in [2.45, 2.75) is 6.61 Å². The van der Waals surface area contributed by atoms with Gasteiger partial charge in [-0.2, -0.15) is 0 Å². The number of rotatable bonds is 6. The summed E-state index contributed by atoms with van der Waals surface area (Å²) < 4.78 is 44.4. The van der Waals surface area contributed by atoms with Crippen LogP contribution in [0.3, 0.4) is 0 Å². The van der Waals surface area contributed by atoms with E-state index in [9.17, 15) is 18.4 Å². The number of hydrogen-bond donors (Lipinski definition) is 1. The van der Waals surface area contributed by atoms with Crippen molar-refractivity contribution in [2.24, 2.45) is 0 Å². The number of hydrogen-bond acceptors (Lipinski definition) is 7. The molecule has 3 aromatic rings. The molecule has 0 aliphatic heterocycles. The quantitative estimate of drug-likeness (QED) is 0.475. The number of anilines is 1. The molecular weight excluding hydrogens is 481 g/mol. The minimum Gasteiger partial charge on any atom is -0.492 e. The molecule has 0 bridgehead atoms. The predicted octanol–water partition coefficient (Wildman–Crippen LogP) is 5.07. The topological polar surface area (TPSA) is 101 Å². The molecule has 0 amide bonds. The Balaban J connectivity index is 2.00. The van der Waals surface area contributed by atoms with Crippen LogP contribution in [0.2, 0.25) is 10.0 Å². The second kappa shape index (κ2) is 10.0. The van der Waals surface area contributed by atoms with Crippen molar-refractivity contribution in [1.82, 2.24) is 4.98 Å². The molecule has 7 nitrogen and oxygen atoms in total. The molecule has 0 atom stereocenters. The van der Waals surface area contributed by atoms with Crippen LogP contribution < -0.4 is 10.5 Å². The molecule has 0 spiro atoms. The fraction of sp³-hybridized carbons (Fsp3) is 0.136. The van der Waals surface area contributed by atoms with Gasteiger partial charge in [0.2, 0.25) is 0 Å². The van der Waals surface area contributed by atoms with Gasteiger partial charge in [-0.1, -0.05) is 41.4 Å². The second-order valence-electron chi connectivity index (χ2n) is 6.52. The third-order valence-electron chi connectivity index (χ3n) is 4.60. The van der Waals surface area contributed by atoms with E-state index in [1.54, 1.807) is 18.2 Å². The molecule has 172 valence electrons. The molecule has 0 saturated heterocycles. The molecule has 0 aliphatic carbocycles. The minimum atomic E-state index is -1.14. The standard InChI is InChI=1S/C22H16Cl2F2N2O5/c1-31-20-13(23)8-7-12(15(20)25)18-16(26)17(27)14(24)19(28-18)22(30)33-9-10-5-3-4-6-11(10)21(29)32-2/h3-8H,9H2,1-2H3,(H2,27,28). The first-order valence-corrected chi connectivity index (χ1v) is 9.97. The van der Waals surface area contributed by atoms with Crippen molar-refractivity contribution >= 4 is 40.8 Å². The second-order valence-corrected chi connectivity index (χ2v) is 7.30. The fourth-order valence-corrected chi connectivity index (χ4v) is 3.37. The lowest BCUT2D eigenvalue weighted by molar-refractivity contribution is 0.0455. The lowest BCUT2D eigenvalue weighted by Gasteiger charge is -2.14. The van der Waals surface area contributed by atoms with Gasteiger partial charge in [-0.05, 0) is 18.2 Å². The highest BCUT2D eigenvalue weighted by atomic mass is 35.5. The fourth-order valence-electron chi connectivity index (χ4n) is 2.94. The third kappa shape index (κ3) is 4.69. The molecule has 1 aromatic heterocycles. The lowest BCUT2D eigenvalue weighted by Crippen LogP contribution is -2.14. The third-order valence-corrected chi connectivity index (χ3v) is 5.28. The molecule has 1 heterocycles. The van der Waals surface area contributed by atoms with Crippen molar-refractivity contribution in [1.29, 1.82) is 0 Å². The zero-order chi connectivity index (χ0) is 24.3. The molecular formula is C22H16Cl2F2N2O5. The van der Waals surface area contributed by atoms with E-state index in [1.165, 1.54) is 26.4 Å². The summed E-state index contributed by atoms with van der Waals surface area (Å²) in [5, 5.41) is -0.561. The number of nitrogens with two attached hydrogens (primary N) is 1. The molecule has 11 heteroatoms. The Bertz CT molecular complexity index is 1250. The minimum absolute atomic E-state index is 0.0509. The van der Waals surface area contributed by atoms with Gasteiger partial charge in [0.25, 0.3) is 0 Å². The van der Waals surface area contributed by atoms with Gasteiger partial charge in [-0.15, -0.1) is 0 Å². The Morgan fingerprint density at radius 1 is 1.03 bits per heavy atom. The van der Waals surface area contributed by atoms with E-state index in [-0.39, 0.29) is 28.5 Å². The van der Waals surface area contributed by atoms with Crippen molar-refractivity contribution in [3.63, 3.8) is 0 Å². The molecule has 3 rings (SSSR count). The van der Waals surface area contributed by atoms with Crippen molar-refractivity contribution < 1.29 is 32.6 Å². The number of methoxy groups -OCH3 is 2. The van der Waals surface area contributed by atoms with Crippen molar-refractivity contribution in [3.8, 4) is 17.0 Å². The maximum Gasteiger partial charge on any atom is 0.358 e. The van der Waals surface area contributed by atoms with E-state index in [4.69, 9.17) is 43.1 Å². The smallest absolute Gasteiger partial charge is 0.358 e. The maximum absolute atomic E-state index is 14.8. The van der Waals surface area contributed by atoms with Crippen LogP contribution in [-0.2, 0) is 16.1 Å². The Hall–Kier alpha value is -3.43. The zero-order valence-electron chi connectivity index (χ0n) is 17.2. The van der Waals surface area contributed by atoms with Crippen LogP contribution in [0, 0.1) is 11.6 Å². The summed E-state index contributed by atoms with van der Waals surface area (Å²) in [6.45, 7) is -0.349. The van der Waals surface area contributed by atoms with Crippen LogP contribution in [0.25, 0.3) is 11.3 Å². The van der Waals surface area contributed by atoms with Crippen molar-refractivity contribution in [2.75, 3.05) is 20.0 Å². The van der Waals surface area contributed by atoms with Gasteiger partial charge in [-0.25, -0.2) is 23.4 Å². The number of carbonyl (C=O) groups is 2. The van der Waals surface area contributed by atoms with E-state index < -0.39 is 45.7 Å². The number of nitrogen functional groups attached to an aromatic ring is 1. The van der Waals surface area contributed by atoms with Crippen LogP contribution in [-0.4, -0.2) is 31.1 Å². The number of nitrogens with zero attached hydrogens (tertiary/aromatic N) is 1. The molecule has 33 heavy (non-hydrogen) atoms. The SMILES string of the molecule is COC(=O)c1ccccc1COC(=O)c1nc(-c2ccc(Cl)c(OC)c2F)c(F)c(N)c1Cl. The number of benzene rings is 2. The Morgan fingerprint density at radius 2 is 1.73 bits per heavy atom. The molecule has 0 radical (unpaired) electrons. The maximum atomic E-state index is 14.8. The van der Waals surface area contributed by atoms with Crippen LogP contribution >= 0.6 is 23.2 Å². The highest BCUT2D eigenvalue weighted by Gasteiger charge is 2.26. The molecule has 0 unspecified atom stereocenters. The lowest BCUT2D eigenvalue weighted by atomic mass is 10.1. The van der Waals surface area contributed by atoms with Crippen molar-refractivity contribution in [3.05, 3.63) is 74.9 Å². The summed E-state index contributed by atoms with van der Waals surface area (Å²) in [7, 11) is 2.39. The van der Waals surface area contributed by atoms with E-state index in [0.29, 0.717) is 5.56 Å². The summed E-state index contributed by atoms with van der Waals surface area (Å²) in [5.41, 5.74) is 4.10. The Morgan fingerprint density at radius 3 is 2.39 bits per heavy atom. The van der Waals surface area contributed by atoms with Gasteiger partial charge in [0, 0.05) is 11.1 Å². The molecule has 0 aliphatic rings. The summed E-state index contributed by atoms with van der Waals surface area (Å²) in [6.07, 6.45) is 0. The first-order valence-electron chi connectivity index (χ1n) is 9.21. The molecule has 2 N–H and O–H groups in total. The number of aromatic nitrogens is 1. The average molecular weight is 497 g/mol. The Kier molecular flexibility index (Phi) is 7.35. The Labute approximate surface area is 197 Å². The highest BCUT2D eigenvalue weighted by Crippen LogP contribution is 2.38. The molecule has 0 saturated carbocycles. The number of pyridine rings is 1. The van der Waals surface area contributed by atoms with Crippen LogP contribution in [0.5, 0.6) is 5.75 Å². The van der Waals surface area contributed by atoms with E-state index in [2.05, 4.69) is 4.98 Å². The number of halogens is 4. The summed E-state index contributed by atoms with van der Waals surface area (Å²) in [6, 6.07) is 8.70. The van der Waals surface area contributed by atoms with E-state index >= 15 is 0 Å². The zero-order valence-corrected chi connectivity index (χ0v) is 18.8. The highest BCUT2D eigenvalue weighted by molar-refractivity contribution is 6.36. The summed E-state index contributed by atoms with van der Waals surface area (Å²) in [4.78, 5) is 28.4. The van der Waals surface area contributed by atoms with Gasteiger partial charge in [-0.3, -0.25) is 0 Å². The summed E-state index contributed by atoms with van der Waals surface area (Å²) in [5.74, 6) is -4.19. The average Bonchev–Trinajstić information content (AvgIpc) is 2.82. The van der Waals surface area contributed by atoms with E-state index in [0.717, 1.165) is 6.07 Å².